The first kappa shape index (κ1) is 18.4. The van der Waals surface area contributed by atoms with Crippen molar-refractivity contribution < 1.29 is 4.79 Å². The summed E-state index contributed by atoms with van der Waals surface area (Å²) in [5, 5.41) is 7.54. The molecule has 0 spiro atoms. The first-order valence-corrected chi connectivity index (χ1v) is 9.48. The van der Waals surface area contributed by atoms with Crippen molar-refractivity contribution in [3.05, 3.63) is 51.8 Å². The van der Waals surface area contributed by atoms with Crippen LogP contribution in [0.3, 0.4) is 0 Å². The lowest BCUT2D eigenvalue weighted by Gasteiger charge is -2.22. The highest BCUT2D eigenvalue weighted by molar-refractivity contribution is 5.76. The van der Waals surface area contributed by atoms with Crippen molar-refractivity contribution in [2.75, 3.05) is 0 Å². The Kier molecular flexibility index (Phi) is 5.86. The van der Waals surface area contributed by atoms with Crippen molar-refractivity contribution in [1.29, 1.82) is 0 Å². The molecule has 0 unspecified atom stereocenters. The molecule has 138 valence electrons. The minimum absolute atomic E-state index is 0.00202. The summed E-state index contributed by atoms with van der Waals surface area (Å²) >= 11 is 0. The Morgan fingerprint density at radius 1 is 1.12 bits per heavy atom. The minimum Gasteiger partial charge on any atom is -0.353 e. The number of rotatable bonds is 5. The molecular weight excluding hydrogens is 326 g/mol. The molecule has 1 aromatic carbocycles. The maximum absolute atomic E-state index is 12.2. The predicted molar refractivity (Wildman–Crippen MR) is 103 cm³/mol. The number of carbonyl (C=O) groups is 1. The molecule has 1 aliphatic rings. The monoisotopic (exact) mass is 353 g/mol. The Bertz CT molecular complexity index is 835. The number of aromatic nitrogens is 2. The van der Waals surface area contributed by atoms with Crippen LogP contribution in [0.15, 0.2) is 35.1 Å². The van der Waals surface area contributed by atoms with Crippen molar-refractivity contribution in [2.45, 2.75) is 65.0 Å². The summed E-state index contributed by atoms with van der Waals surface area (Å²) in [6.45, 7) is 4.43. The standard InChI is InChI=1S/C21H27N3O2/c1-15-8-9-17(14-16(15)2)19-10-11-21(26)24(23-19)13-12-20(25)22-18-6-4-3-5-7-18/h8-11,14,18H,3-7,12-13H2,1-2H3,(H,22,25). The highest BCUT2D eigenvalue weighted by Crippen LogP contribution is 2.19. The lowest BCUT2D eigenvalue weighted by atomic mass is 9.95. The van der Waals surface area contributed by atoms with Gasteiger partial charge >= 0.3 is 0 Å². The Hall–Kier alpha value is -2.43. The minimum atomic E-state index is -0.178. The zero-order valence-corrected chi connectivity index (χ0v) is 15.6. The summed E-state index contributed by atoms with van der Waals surface area (Å²) in [4.78, 5) is 24.3. The van der Waals surface area contributed by atoms with E-state index in [0.29, 0.717) is 12.6 Å². The number of benzene rings is 1. The molecule has 0 radical (unpaired) electrons. The van der Waals surface area contributed by atoms with E-state index in [1.54, 1.807) is 6.07 Å². The number of nitrogens with zero attached hydrogens (tertiary/aromatic N) is 2. The summed E-state index contributed by atoms with van der Waals surface area (Å²) in [6.07, 6.45) is 6.03. The third kappa shape index (κ3) is 4.59. The molecule has 2 aromatic rings. The van der Waals surface area contributed by atoms with Crippen LogP contribution in [0.4, 0.5) is 0 Å². The van der Waals surface area contributed by atoms with Gasteiger partial charge in [-0.3, -0.25) is 9.59 Å². The molecule has 5 nitrogen and oxygen atoms in total. The van der Waals surface area contributed by atoms with Crippen molar-refractivity contribution >= 4 is 5.91 Å². The second-order valence-corrected chi connectivity index (χ2v) is 7.23. The van der Waals surface area contributed by atoms with E-state index in [2.05, 4.69) is 36.4 Å². The van der Waals surface area contributed by atoms with E-state index in [9.17, 15) is 9.59 Å². The van der Waals surface area contributed by atoms with Crippen LogP contribution in [0.25, 0.3) is 11.3 Å². The van der Waals surface area contributed by atoms with Gasteiger partial charge in [0, 0.05) is 24.1 Å². The SMILES string of the molecule is Cc1ccc(-c2ccc(=O)n(CCC(=O)NC3CCCCC3)n2)cc1C. The van der Waals surface area contributed by atoms with Crippen LogP contribution in [0.1, 0.15) is 49.7 Å². The van der Waals surface area contributed by atoms with Gasteiger partial charge in [-0.1, -0.05) is 31.4 Å². The van der Waals surface area contributed by atoms with Gasteiger partial charge in [-0.05, 0) is 49.9 Å². The molecule has 3 rings (SSSR count). The Labute approximate surface area is 154 Å². The van der Waals surface area contributed by atoms with Crippen molar-refractivity contribution in [2.24, 2.45) is 0 Å². The zero-order chi connectivity index (χ0) is 18.5. The lowest BCUT2D eigenvalue weighted by Crippen LogP contribution is -2.37. The van der Waals surface area contributed by atoms with Crippen LogP contribution < -0.4 is 10.9 Å². The number of hydrogen-bond donors (Lipinski definition) is 1. The maximum atomic E-state index is 12.2. The fraction of sp³-hybridized carbons (Fsp3) is 0.476. The summed E-state index contributed by atoms with van der Waals surface area (Å²) in [5.74, 6) is 0.00202. The van der Waals surface area contributed by atoms with E-state index in [1.807, 2.05) is 6.07 Å². The number of carbonyl (C=O) groups excluding carboxylic acids is 1. The second-order valence-electron chi connectivity index (χ2n) is 7.23. The molecule has 26 heavy (non-hydrogen) atoms. The average Bonchev–Trinajstić information content (AvgIpc) is 2.64. The van der Waals surface area contributed by atoms with E-state index in [-0.39, 0.29) is 17.9 Å². The molecule has 1 amide bonds. The van der Waals surface area contributed by atoms with Gasteiger partial charge in [0.1, 0.15) is 0 Å². The number of nitrogens with one attached hydrogen (secondary N) is 1. The first-order chi connectivity index (χ1) is 12.5. The van der Waals surface area contributed by atoms with Crippen molar-refractivity contribution in [3.8, 4) is 11.3 Å². The summed E-state index contributed by atoms with van der Waals surface area (Å²) in [5.41, 5.74) is 3.97. The molecule has 1 fully saturated rings. The van der Waals surface area contributed by atoms with E-state index in [4.69, 9.17) is 0 Å². The summed E-state index contributed by atoms with van der Waals surface area (Å²) in [7, 11) is 0. The average molecular weight is 353 g/mol. The molecule has 0 bridgehead atoms. The van der Waals surface area contributed by atoms with Gasteiger partial charge in [-0.25, -0.2) is 4.68 Å². The van der Waals surface area contributed by atoms with Crippen LogP contribution in [0, 0.1) is 13.8 Å². The highest BCUT2D eigenvalue weighted by Gasteiger charge is 2.15. The van der Waals surface area contributed by atoms with Gasteiger partial charge in [0.25, 0.3) is 5.56 Å². The molecule has 0 atom stereocenters. The molecule has 1 N–H and O–H groups in total. The molecule has 5 heteroatoms. The Morgan fingerprint density at radius 2 is 1.88 bits per heavy atom. The van der Waals surface area contributed by atoms with Gasteiger partial charge in [-0.2, -0.15) is 5.10 Å². The van der Waals surface area contributed by atoms with Crippen molar-refractivity contribution in [3.63, 3.8) is 0 Å². The smallest absolute Gasteiger partial charge is 0.266 e. The molecule has 1 saturated carbocycles. The zero-order valence-electron chi connectivity index (χ0n) is 15.6. The lowest BCUT2D eigenvalue weighted by molar-refractivity contribution is -0.122. The third-order valence-corrected chi connectivity index (χ3v) is 5.19. The quantitative estimate of drug-likeness (QED) is 0.896. The highest BCUT2D eigenvalue weighted by atomic mass is 16.2. The van der Waals surface area contributed by atoms with Gasteiger partial charge in [-0.15, -0.1) is 0 Å². The van der Waals surface area contributed by atoms with Crippen LogP contribution in [-0.2, 0) is 11.3 Å². The van der Waals surface area contributed by atoms with E-state index < -0.39 is 0 Å². The largest absolute Gasteiger partial charge is 0.353 e. The van der Waals surface area contributed by atoms with Crippen molar-refractivity contribution in [1.82, 2.24) is 15.1 Å². The molecule has 0 saturated heterocycles. The fourth-order valence-corrected chi connectivity index (χ4v) is 3.42. The maximum Gasteiger partial charge on any atom is 0.266 e. The number of amides is 1. The van der Waals surface area contributed by atoms with Gasteiger partial charge in [0.05, 0.1) is 12.2 Å². The van der Waals surface area contributed by atoms with E-state index >= 15 is 0 Å². The van der Waals surface area contributed by atoms with Crippen LogP contribution in [0.5, 0.6) is 0 Å². The fourth-order valence-electron chi connectivity index (χ4n) is 3.42. The third-order valence-electron chi connectivity index (χ3n) is 5.19. The predicted octanol–water partition coefficient (Wildman–Crippen LogP) is 3.37. The summed E-state index contributed by atoms with van der Waals surface area (Å²) in [6, 6.07) is 9.70. The molecule has 1 aliphatic carbocycles. The first-order valence-electron chi connectivity index (χ1n) is 9.48. The molecule has 1 aromatic heterocycles. The number of aryl methyl sites for hydroxylation is 3. The van der Waals surface area contributed by atoms with Gasteiger partial charge in [0.2, 0.25) is 5.91 Å². The molecular formula is C21H27N3O2. The van der Waals surface area contributed by atoms with E-state index in [0.717, 1.165) is 24.1 Å². The number of hydrogen-bond acceptors (Lipinski definition) is 3. The Balaban J connectivity index is 1.66. The summed E-state index contributed by atoms with van der Waals surface area (Å²) < 4.78 is 1.39. The normalized spacial score (nSPS) is 15.0. The topological polar surface area (TPSA) is 64.0 Å². The molecule has 1 heterocycles. The van der Waals surface area contributed by atoms with Crippen LogP contribution in [-0.4, -0.2) is 21.7 Å². The van der Waals surface area contributed by atoms with Gasteiger partial charge < -0.3 is 5.32 Å². The van der Waals surface area contributed by atoms with Crippen LogP contribution >= 0.6 is 0 Å². The van der Waals surface area contributed by atoms with E-state index in [1.165, 1.54) is 41.1 Å². The van der Waals surface area contributed by atoms with Crippen LogP contribution in [0.2, 0.25) is 0 Å². The second kappa shape index (κ2) is 8.30. The molecule has 0 aliphatic heterocycles. The Morgan fingerprint density at radius 3 is 2.62 bits per heavy atom. The van der Waals surface area contributed by atoms with Gasteiger partial charge in [0.15, 0.2) is 0 Å².